The van der Waals surface area contributed by atoms with Crippen molar-refractivity contribution < 1.29 is 4.79 Å². The van der Waals surface area contributed by atoms with Crippen LogP contribution in [0.15, 0.2) is 35.3 Å². The van der Waals surface area contributed by atoms with Gasteiger partial charge in [-0.3, -0.25) is 9.79 Å². The highest BCUT2D eigenvalue weighted by Gasteiger charge is 2.14. The van der Waals surface area contributed by atoms with E-state index in [4.69, 9.17) is 4.99 Å². The molecule has 1 aromatic rings. The molecule has 0 bridgehead atoms. The summed E-state index contributed by atoms with van der Waals surface area (Å²) in [5.74, 6) is 1.10. The average molecular weight is 330 g/mol. The van der Waals surface area contributed by atoms with Crippen LogP contribution in [-0.2, 0) is 4.79 Å². The number of amides is 1. The summed E-state index contributed by atoms with van der Waals surface area (Å²) in [5.41, 5.74) is 1.06. The van der Waals surface area contributed by atoms with E-state index < -0.39 is 0 Å². The Morgan fingerprint density at radius 2 is 1.88 bits per heavy atom. The third-order valence-electron chi connectivity index (χ3n) is 4.11. The van der Waals surface area contributed by atoms with Crippen molar-refractivity contribution in [2.75, 3.05) is 31.5 Å². The van der Waals surface area contributed by atoms with E-state index in [-0.39, 0.29) is 11.8 Å². The summed E-state index contributed by atoms with van der Waals surface area (Å²) in [4.78, 5) is 18.7. The minimum atomic E-state index is 0.0390. The normalized spacial score (nSPS) is 15.5. The van der Waals surface area contributed by atoms with Crippen LogP contribution in [0.3, 0.4) is 0 Å². The van der Waals surface area contributed by atoms with E-state index in [2.05, 4.69) is 27.7 Å². The largest absolute Gasteiger partial charge is 0.356 e. The highest BCUT2D eigenvalue weighted by molar-refractivity contribution is 5.93. The second-order valence-corrected chi connectivity index (χ2v) is 6.54. The molecular formula is C19H30N4O. The molecule has 1 fully saturated rings. The first kappa shape index (κ1) is 18.3. The number of nitrogens with one attached hydrogen (secondary N) is 2. The summed E-state index contributed by atoms with van der Waals surface area (Å²) >= 11 is 0. The number of likely N-dealkylation sites (tertiary alicyclic amines) is 1. The van der Waals surface area contributed by atoms with Crippen molar-refractivity contribution in [3.63, 3.8) is 0 Å². The third-order valence-corrected chi connectivity index (χ3v) is 4.11. The van der Waals surface area contributed by atoms with Crippen LogP contribution in [0, 0.1) is 5.92 Å². The van der Waals surface area contributed by atoms with Gasteiger partial charge in [0.2, 0.25) is 5.91 Å². The van der Waals surface area contributed by atoms with Gasteiger partial charge in [0.1, 0.15) is 0 Å². The smallest absolute Gasteiger partial charge is 0.222 e. The van der Waals surface area contributed by atoms with Crippen molar-refractivity contribution in [1.82, 2.24) is 10.2 Å². The Labute approximate surface area is 145 Å². The quantitative estimate of drug-likeness (QED) is 0.479. The van der Waals surface area contributed by atoms with E-state index in [0.29, 0.717) is 13.1 Å². The van der Waals surface area contributed by atoms with E-state index >= 15 is 0 Å². The molecule has 0 saturated carbocycles. The lowest BCUT2D eigenvalue weighted by atomic mass is 10.1. The number of aliphatic imine (C=N–C) groups is 1. The molecule has 1 aromatic carbocycles. The Kier molecular flexibility index (Phi) is 7.59. The monoisotopic (exact) mass is 330 g/mol. The third kappa shape index (κ3) is 6.22. The van der Waals surface area contributed by atoms with Gasteiger partial charge in [-0.05, 0) is 37.8 Å². The standard InChI is InChI=1S/C19H30N4O/c1-16(2)18(24)20-12-9-13-21-19(23-14-7-4-8-15-23)22-17-10-5-3-6-11-17/h3,5-6,10-11,16H,4,7-9,12-15H2,1-2H3,(H,20,24)(H,21,22). The van der Waals surface area contributed by atoms with Gasteiger partial charge < -0.3 is 15.5 Å². The van der Waals surface area contributed by atoms with Gasteiger partial charge in [-0.1, -0.05) is 32.0 Å². The number of guanidine groups is 1. The summed E-state index contributed by atoms with van der Waals surface area (Å²) in [6, 6.07) is 10.2. The number of hydrogen-bond donors (Lipinski definition) is 2. The Morgan fingerprint density at radius 1 is 1.17 bits per heavy atom. The van der Waals surface area contributed by atoms with Crippen molar-refractivity contribution in [2.45, 2.75) is 39.5 Å². The molecule has 0 radical (unpaired) electrons. The van der Waals surface area contributed by atoms with Crippen LogP contribution in [0.25, 0.3) is 0 Å². The van der Waals surface area contributed by atoms with Gasteiger partial charge in [-0.25, -0.2) is 0 Å². The number of carbonyl (C=O) groups excluding carboxylic acids is 1. The van der Waals surface area contributed by atoms with Gasteiger partial charge in [-0.2, -0.15) is 0 Å². The lowest BCUT2D eigenvalue weighted by molar-refractivity contribution is -0.123. The van der Waals surface area contributed by atoms with Gasteiger partial charge >= 0.3 is 0 Å². The Bertz CT molecular complexity index is 521. The Morgan fingerprint density at radius 3 is 2.54 bits per heavy atom. The van der Waals surface area contributed by atoms with Gasteiger partial charge in [-0.15, -0.1) is 0 Å². The van der Waals surface area contributed by atoms with Crippen LogP contribution in [0.1, 0.15) is 39.5 Å². The molecular weight excluding hydrogens is 300 g/mol. The topological polar surface area (TPSA) is 56.7 Å². The molecule has 1 saturated heterocycles. The Hall–Kier alpha value is -2.04. The molecule has 0 aromatic heterocycles. The van der Waals surface area contributed by atoms with Crippen LogP contribution >= 0.6 is 0 Å². The molecule has 1 amide bonds. The van der Waals surface area contributed by atoms with Gasteiger partial charge in [0.15, 0.2) is 5.96 Å². The van der Waals surface area contributed by atoms with Gasteiger partial charge in [0.25, 0.3) is 0 Å². The predicted octanol–water partition coefficient (Wildman–Crippen LogP) is 3.10. The van der Waals surface area contributed by atoms with Crippen LogP contribution in [-0.4, -0.2) is 42.9 Å². The second kappa shape index (κ2) is 9.96. The molecule has 2 rings (SSSR count). The molecule has 0 aliphatic carbocycles. The fraction of sp³-hybridized carbons (Fsp3) is 0.579. The fourth-order valence-electron chi connectivity index (χ4n) is 2.65. The highest BCUT2D eigenvalue weighted by Crippen LogP contribution is 2.12. The molecule has 132 valence electrons. The molecule has 5 heteroatoms. The van der Waals surface area contributed by atoms with Crippen molar-refractivity contribution >= 4 is 17.6 Å². The van der Waals surface area contributed by atoms with E-state index in [1.165, 1.54) is 19.3 Å². The van der Waals surface area contributed by atoms with Gasteiger partial charge in [0, 0.05) is 37.8 Å². The van der Waals surface area contributed by atoms with Crippen LogP contribution in [0.4, 0.5) is 5.69 Å². The molecule has 0 unspecified atom stereocenters. The Balaban J connectivity index is 1.88. The number of hydrogen-bond acceptors (Lipinski definition) is 2. The minimum Gasteiger partial charge on any atom is -0.356 e. The lowest BCUT2D eigenvalue weighted by Crippen LogP contribution is -2.40. The molecule has 5 nitrogen and oxygen atoms in total. The summed E-state index contributed by atoms with van der Waals surface area (Å²) in [7, 11) is 0. The molecule has 24 heavy (non-hydrogen) atoms. The van der Waals surface area contributed by atoms with E-state index in [9.17, 15) is 4.79 Å². The fourth-order valence-corrected chi connectivity index (χ4v) is 2.65. The molecule has 0 atom stereocenters. The summed E-state index contributed by atoms with van der Waals surface area (Å²) in [6.45, 7) is 7.33. The number of nitrogens with zero attached hydrogens (tertiary/aromatic N) is 2. The molecule has 2 N–H and O–H groups in total. The first-order chi connectivity index (χ1) is 11.7. The average Bonchev–Trinajstić information content (AvgIpc) is 2.61. The van der Waals surface area contributed by atoms with Crippen molar-refractivity contribution in [1.29, 1.82) is 0 Å². The molecule has 1 aliphatic rings. The molecule has 1 aliphatic heterocycles. The second-order valence-electron chi connectivity index (χ2n) is 6.54. The maximum Gasteiger partial charge on any atom is 0.222 e. The van der Waals surface area contributed by atoms with E-state index in [0.717, 1.165) is 31.2 Å². The zero-order valence-electron chi connectivity index (χ0n) is 14.9. The van der Waals surface area contributed by atoms with E-state index in [1.54, 1.807) is 0 Å². The predicted molar refractivity (Wildman–Crippen MR) is 100 cm³/mol. The maximum atomic E-state index is 11.6. The number of piperidine rings is 1. The molecule has 1 heterocycles. The highest BCUT2D eigenvalue weighted by atomic mass is 16.1. The zero-order valence-corrected chi connectivity index (χ0v) is 14.9. The lowest BCUT2D eigenvalue weighted by Gasteiger charge is -2.30. The van der Waals surface area contributed by atoms with Gasteiger partial charge in [0.05, 0.1) is 0 Å². The van der Waals surface area contributed by atoms with Crippen molar-refractivity contribution in [3.8, 4) is 0 Å². The molecule has 0 spiro atoms. The first-order valence-corrected chi connectivity index (χ1v) is 9.06. The number of para-hydroxylation sites is 1. The minimum absolute atomic E-state index is 0.0390. The maximum absolute atomic E-state index is 11.6. The van der Waals surface area contributed by atoms with Crippen LogP contribution in [0.2, 0.25) is 0 Å². The SMILES string of the molecule is CC(C)C(=O)NCCCN=C(Nc1ccccc1)N1CCCCC1. The number of rotatable bonds is 6. The van der Waals surface area contributed by atoms with Crippen LogP contribution in [0.5, 0.6) is 0 Å². The summed E-state index contributed by atoms with van der Waals surface area (Å²) in [5, 5.41) is 6.40. The van der Waals surface area contributed by atoms with Crippen molar-refractivity contribution in [2.24, 2.45) is 10.9 Å². The first-order valence-electron chi connectivity index (χ1n) is 9.06. The van der Waals surface area contributed by atoms with Crippen molar-refractivity contribution in [3.05, 3.63) is 30.3 Å². The summed E-state index contributed by atoms with van der Waals surface area (Å²) < 4.78 is 0. The number of carbonyl (C=O) groups is 1. The van der Waals surface area contributed by atoms with Crippen LogP contribution < -0.4 is 10.6 Å². The van der Waals surface area contributed by atoms with E-state index in [1.807, 2.05) is 32.0 Å². The number of anilines is 1. The summed E-state index contributed by atoms with van der Waals surface area (Å²) in [6.07, 6.45) is 4.60. The number of benzene rings is 1. The zero-order chi connectivity index (χ0) is 17.2.